The number of rotatable bonds is 23. The highest BCUT2D eigenvalue weighted by Crippen LogP contribution is 2.09. The van der Waals surface area contributed by atoms with Crippen LogP contribution in [0.25, 0.3) is 4.85 Å². The van der Waals surface area contributed by atoms with E-state index in [0.717, 1.165) is 34.4 Å². The quantitative estimate of drug-likeness (QED) is 0.0160. The highest BCUT2D eigenvalue weighted by atomic mass is 127. The van der Waals surface area contributed by atoms with Gasteiger partial charge in [0.2, 0.25) is 6.54 Å². The van der Waals surface area contributed by atoms with Gasteiger partial charge in [0.25, 0.3) is 0 Å². The molecule has 0 radical (unpaired) electrons. The number of alkyl halides is 8. The zero-order valence-corrected chi connectivity index (χ0v) is 53.8. The number of terminal acetylenes is 1. The molecule has 0 saturated heterocycles. The normalized spacial score (nSPS) is 9.22. The lowest BCUT2D eigenvalue weighted by Gasteiger charge is -1.98. The lowest BCUT2D eigenvalue weighted by Crippen LogP contribution is -2.03. The van der Waals surface area contributed by atoms with Gasteiger partial charge in [0.1, 0.15) is 0 Å². The third kappa shape index (κ3) is 103. The van der Waals surface area contributed by atoms with Gasteiger partial charge in [-0.1, -0.05) is 255 Å². The minimum Gasteiger partial charge on any atom is -0.466 e. The van der Waals surface area contributed by atoms with E-state index in [0.29, 0.717) is 42.7 Å². The molecule has 0 aliphatic carbocycles. The molecule has 0 bridgehead atoms. The summed E-state index contributed by atoms with van der Waals surface area (Å²) in [6.07, 6.45) is 31.2. The van der Waals surface area contributed by atoms with Crippen LogP contribution >= 0.6 is 136 Å². The maximum Gasteiger partial charge on any atom is 0.330 e. The number of hydrogen-bond acceptors (Lipinski definition) is 4. The molecular formula is C52H83Br5ClI2NO4. The monoisotopic (exact) mass is 1470 g/mol. The molecule has 0 heterocycles. The third-order valence-electron chi connectivity index (χ3n) is 6.99. The molecule has 65 heavy (non-hydrogen) atoms. The van der Waals surface area contributed by atoms with Gasteiger partial charge in [0.15, 0.2) is 0 Å². The number of halogens is 8. The molecule has 13 heteroatoms. The Bertz CT molecular complexity index is 1310. The minimum absolute atomic E-state index is 0.100. The summed E-state index contributed by atoms with van der Waals surface area (Å²) >= 11 is 26.1. The van der Waals surface area contributed by atoms with Crippen molar-refractivity contribution in [2.75, 3.05) is 61.1 Å². The van der Waals surface area contributed by atoms with E-state index < -0.39 is 0 Å². The van der Waals surface area contributed by atoms with Crippen molar-refractivity contribution in [1.82, 2.24) is 0 Å². The van der Waals surface area contributed by atoms with Crippen molar-refractivity contribution in [3.63, 3.8) is 0 Å². The molecule has 0 spiro atoms. The van der Waals surface area contributed by atoms with Crippen molar-refractivity contribution in [2.24, 2.45) is 0 Å². The number of nitrogens with zero attached hydrogens (tertiary/aromatic N) is 1. The van der Waals surface area contributed by atoms with Crippen LogP contribution in [0.4, 0.5) is 0 Å². The van der Waals surface area contributed by atoms with Gasteiger partial charge in [-0.2, -0.15) is 0 Å². The largest absolute Gasteiger partial charge is 0.466 e. The van der Waals surface area contributed by atoms with Gasteiger partial charge in [0.05, 0.1) is 23.9 Å². The van der Waals surface area contributed by atoms with Crippen molar-refractivity contribution in [1.29, 1.82) is 0 Å². The highest BCUT2D eigenvalue weighted by Gasteiger charge is 1.98. The second-order valence-electron chi connectivity index (χ2n) is 13.2. The SMILES string of the molecule is BrCC#Cc1ccccc1.C#CCBr.CC(C)=CCC/C(C)=C/CBr.CCCCCCCCCCI.CCCCI.CCOC(=O)/C=C/CBr.CCOC(=O)CCCBr.[C-]#[N+]CCCCl. The van der Waals surface area contributed by atoms with Gasteiger partial charge in [-0.3, -0.25) is 4.79 Å². The van der Waals surface area contributed by atoms with Crippen molar-refractivity contribution >= 4 is 148 Å². The topological polar surface area (TPSA) is 57.0 Å². The van der Waals surface area contributed by atoms with Crippen LogP contribution in [0.5, 0.6) is 0 Å². The molecule has 0 unspecified atom stereocenters. The summed E-state index contributed by atoms with van der Waals surface area (Å²) in [6.45, 7) is 22.3. The highest BCUT2D eigenvalue weighted by molar-refractivity contribution is 14.1. The molecule has 0 fully saturated rings. The van der Waals surface area contributed by atoms with Crippen LogP contribution in [0.3, 0.4) is 0 Å². The molecule has 0 aliphatic heterocycles. The molecule has 1 aromatic carbocycles. The molecule has 0 saturated carbocycles. The van der Waals surface area contributed by atoms with Crippen LogP contribution < -0.4 is 0 Å². The molecule has 1 rings (SSSR count). The van der Waals surface area contributed by atoms with Crippen molar-refractivity contribution in [3.8, 4) is 24.2 Å². The summed E-state index contributed by atoms with van der Waals surface area (Å²) in [4.78, 5) is 24.1. The summed E-state index contributed by atoms with van der Waals surface area (Å²) in [7, 11) is 0. The van der Waals surface area contributed by atoms with Crippen LogP contribution in [0.2, 0.25) is 0 Å². The molecule has 1 aromatic rings. The van der Waals surface area contributed by atoms with Crippen LogP contribution in [-0.2, 0) is 19.1 Å². The fraction of sp³-hybridized carbons (Fsp3) is 0.635. The van der Waals surface area contributed by atoms with E-state index in [2.05, 4.69) is 204 Å². The smallest absolute Gasteiger partial charge is 0.330 e. The fourth-order valence-electron chi connectivity index (χ4n) is 3.76. The standard InChI is InChI=1S/C10H17Br.C10H21I.C9H7Br.C6H11BrO2.C6H9BrO2.C4H6ClN.C4H9I.C3H3Br/c1-9(2)5-4-6-10(3)7-8-11;1-2-3-4-5-6-7-8-9-10-11;10-8-4-7-9-5-2-1-3-6-9;2*1-2-9-6(8)4-3-5-7;1-6-4-2-3-5;1-2-3-4-5;1-2-3-4/h5,7H,4,6,8H2,1-3H3;2-10H2,1H3;1-3,5-6H,8H2;2-5H2,1H3;3-4H,2,5H2,1H3;2-4H2;2-4H2,1H3;1H,3H2/b10-7+;;;;4-3+;;;. The van der Waals surface area contributed by atoms with E-state index >= 15 is 0 Å². The second-order valence-corrected chi connectivity index (χ2v) is 18.9. The number of unbranched alkanes of at least 4 members (excludes halogenated alkanes) is 8. The van der Waals surface area contributed by atoms with Gasteiger partial charge >= 0.3 is 11.9 Å². The van der Waals surface area contributed by atoms with Crippen LogP contribution in [0.1, 0.15) is 150 Å². The zero-order chi connectivity index (χ0) is 50.9. The first-order valence-electron chi connectivity index (χ1n) is 22.4. The lowest BCUT2D eigenvalue weighted by atomic mass is 10.1. The lowest BCUT2D eigenvalue weighted by molar-refractivity contribution is -0.143. The third-order valence-corrected chi connectivity index (χ3v) is 10.6. The number of esters is 2. The predicted octanol–water partition coefficient (Wildman–Crippen LogP) is 19.1. The molecule has 0 aliphatic rings. The number of benzene rings is 1. The van der Waals surface area contributed by atoms with Crippen molar-refractivity contribution < 1.29 is 19.1 Å². The first-order chi connectivity index (χ1) is 31.4. The predicted molar refractivity (Wildman–Crippen MR) is 327 cm³/mol. The Kier molecular flexibility index (Phi) is 99.0. The number of carbonyl (C=O) groups excluding carboxylic acids is 2. The fourth-order valence-corrected chi connectivity index (χ4v) is 6.34. The minimum atomic E-state index is -0.281. The Morgan fingerprint density at radius 2 is 1.31 bits per heavy atom. The first-order valence-corrected chi connectivity index (χ1v) is 31.6. The van der Waals surface area contributed by atoms with Gasteiger partial charge in [0, 0.05) is 46.4 Å². The van der Waals surface area contributed by atoms with E-state index in [4.69, 9.17) is 24.6 Å². The maximum absolute atomic E-state index is 10.6. The van der Waals surface area contributed by atoms with Crippen LogP contribution in [0.15, 0.2) is 65.8 Å². The van der Waals surface area contributed by atoms with E-state index in [1.807, 2.05) is 37.3 Å². The Morgan fingerprint density at radius 3 is 1.69 bits per heavy atom. The summed E-state index contributed by atoms with van der Waals surface area (Å²) in [6, 6.07) is 9.95. The number of ether oxygens (including phenoxy) is 2. The van der Waals surface area contributed by atoms with Crippen LogP contribution in [0, 0.1) is 30.8 Å². The maximum atomic E-state index is 10.6. The Hall–Kier alpha value is 0.140. The van der Waals surface area contributed by atoms with Gasteiger partial charge < -0.3 is 14.3 Å². The summed E-state index contributed by atoms with van der Waals surface area (Å²) in [5.41, 5.74) is 3.96. The number of hydrogen-bond donors (Lipinski definition) is 0. The summed E-state index contributed by atoms with van der Waals surface area (Å²) < 4.78 is 11.9. The Balaban J connectivity index is -0.000000120. The summed E-state index contributed by atoms with van der Waals surface area (Å²) in [5, 5.41) is 3.93. The average molecular weight is 1480 g/mol. The van der Waals surface area contributed by atoms with Gasteiger partial charge in [-0.15, -0.1) is 18.0 Å². The molecule has 0 amide bonds. The molecular weight excluding hydrogens is 1390 g/mol. The Morgan fingerprint density at radius 1 is 0.754 bits per heavy atom. The zero-order valence-electron chi connectivity index (χ0n) is 40.8. The molecule has 5 nitrogen and oxygen atoms in total. The molecule has 0 atom stereocenters. The van der Waals surface area contributed by atoms with Crippen molar-refractivity contribution in [2.45, 2.75) is 145 Å². The second kappa shape index (κ2) is 81.1. The van der Waals surface area contributed by atoms with E-state index in [1.54, 1.807) is 13.0 Å². The van der Waals surface area contributed by atoms with E-state index in [-0.39, 0.29) is 11.9 Å². The molecule has 0 N–H and O–H groups in total. The summed E-state index contributed by atoms with van der Waals surface area (Å²) in [5.74, 6) is 8.51. The Labute approximate surface area is 475 Å². The van der Waals surface area contributed by atoms with E-state index in [1.165, 1.54) is 103 Å². The molecule has 376 valence electrons. The first kappa shape index (κ1) is 79.3. The average Bonchev–Trinajstić information content (AvgIpc) is 3.30. The van der Waals surface area contributed by atoms with Crippen molar-refractivity contribution in [3.05, 3.63) is 82.8 Å². The molecule has 0 aromatic heterocycles. The number of carbonyl (C=O) groups is 2. The van der Waals surface area contributed by atoms with E-state index in [9.17, 15) is 9.59 Å². The van der Waals surface area contributed by atoms with Gasteiger partial charge in [-0.05, 0) is 87.7 Å². The van der Waals surface area contributed by atoms with Crippen LogP contribution in [-0.4, -0.2) is 73.1 Å². The van der Waals surface area contributed by atoms with Gasteiger partial charge in [-0.25, -0.2) is 11.4 Å². The number of allylic oxidation sites excluding steroid dienone is 5.